The van der Waals surface area contributed by atoms with Crippen LogP contribution in [0, 0.1) is 6.92 Å². The van der Waals surface area contributed by atoms with Gasteiger partial charge >= 0.3 is 0 Å². The molecule has 1 rings (SSSR count). The highest BCUT2D eigenvalue weighted by Gasteiger charge is 2.19. The predicted octanol–water partition coefficient (Wildman–Crippen LogP) is 3.82. The van der Waals surface area contributed by atoms with Crippen LogP contribution < -0.4 is 5.32 Å². The van der Waals surface area contributed by atoms with E-state index in [4.69, 9.17) is 0 Å². The van der Waals surface area contributed by atoms with Crippen LogP contribution in [0.5, 0.6) is 0 Å². The van der Waals surface area contributed by atoms with Crippen molar-refractivity contribution in [3.05, 3.63) is 34.9 Å². The van der Waals surface area contributed by atoms with E-state index in [0.717, 1.165) is 11.1 Å². The smallest absolute Gasteiger partial charge is 0.251 e. The lowest BCUT2D eigenvalue weighted by molar-refractivity contribution is 0.0919. The van der Waals surface area contributed by atoms with Gasteiger partial charge in [-0.3, -0.25) is 4.79 Å². The Hall–Kier alpha value is -1.31. The molecule has 2 nitrogen and oxygen atoms in total. The van der Waals surface area contributed by atoms with Gasteiger partial charge < -0.3 is 5.32 Å². The standard InChI is InChI=1S/C16H25NO/c1-11-8-12(14(18)17-16(5,6)7)10-13(9-11)15(2,3)4/h8-10H,1-7H3,(H,17,18). The highest BCUT2D eigenvalue weighted by molar-refractivity contribution is 5.95. The Morgan fingerprint density at radius 3 is 2.00 bits per heavy atom. The Labute approximate surface area is 111 Å². The number of benzene rings is 1. The Balaban J connectivity index is 3.11. The number of hydrogen-bond acceptors (Lipinski definition) is 1. The van der Waals surface area contributed by atoms with E-state index in [2.05, 4.69) is 32.2 Å². The molecule has 0 aromatic heterocycles. The van der Waals surface area contributed by atoms with E-state index in [0.29, 0.717) is 0 Å². The van der Waals surface area contributed by atoms with E-state index >= 15 is 0 Å². The Bertz CT molecular complexity index is 447. The number of carbonyl (C=O) groups is 1. The molecule has 0 heterocycles. The van der Waals surface area contributed by atoms with E-state index in [-0.39, 0.29) is 16.9 Å². The number of hydrogen-bond donors (Lipinski definition) is 1. The van der Waals surface area contributed by atoms with Crippen molar-refractivity contribution in [1.82, 2.24) is 5.32 Å². The molecule has 1 amide bonds. The summed E-state index contributed by atoms with van der Waals surface area (Å²) >= 11 is 0. The second-order valence-corrected chi connectivity index (χ2v) is 7.04. The third-order valence-corrected chi connectivity index (χ3v) is 2.69. The summed E-state index contributed by atoms with van der Waals surface area (Å²) in [5.74, 6) is -0.00306. The predicted molar refractivity (Wildman–Crippen MR) is 77.1 cm³/mol. The summed E-state index contributed by atoms with van der Waals surface area (Å²) in [6, 6.07) is 6.08. The first-order valence-corrected chi connectivity index (χ1v) is 6.44. The third kappa shape index (κ3) is 4.17. The van der Waals surface area contributed by atoms with E-state index in [9.17, 15) is 4.79 Å². The molecule has 1 aromatic rings. The number of carbonyl (C=O) groups excluding carboxylic acids is 1. The van der Waals surface area contributed by atoms with Crippen LogP contribution in [-0.4, -0.2) is 11.4 Å². The van der Waals surface area contributed by atoms with Crippen molar-refractivity contribution < 1.29 is 4.79 Å². The maximum Gasteiger partial charge on any atom is 0.251 e. The maximum absolute atomic E-state index is 12.2. The fourth-order valence-corrected chi connectivity index (χ4v) is 1.76. The first kappa shape index (κ1) is 14.7. The van der Waals surface area contributed by atoms with Crippen LogP contribution in [0.25, 0.3) is 0 Å². The van der Waals surface area contributed by atoms with Crippen molar-refractivity contribution in [2.24, 2.45) is 0 Å². The molecule has 0 fully saturated rings. The van der Waals surface area contributed by atoms with Crippen molar-refractivity contribution in [2.45, 2.75) is 59.4 Å². The Morgan fingerprint density at radius 1 is 1.00 bits per heavy atom. The summed E-state index contributed by atoms with van der Waals surface area (Å²) < 4.78 is 0. The molecule has 0 saturated carbocycles. The van der Waals surface area contributed by atoms with Crippen LogP contribution in [0.1, 0.15) is 63.0 Å². The molecule has 0 atom stereocenters. The van der Waals surface area contributed by atoms with Crippen LogP contribution >= 0.6 is 0 Å². The molecule has 0 radical (unpaired) electrons. The second-order valence-electron chi connectivity index (χ2n) is 7.04. The van der Waals surface area contributed by atoms with Crippen molar-refractivity contribution in [3.63, 3.8) is 0 Å². The lowest BCUT2D eigenvalue weighted by atomic mass is 9.85. The summed E-state index contributed by atoms with van der Waals surface area (Å²) in [7, 11) is 0. The zero-order valence-electron chi connectivity index (χ0n) is 12.6. The molecular formula is C16H25NO. The van der Waals surface area contributed by atoms with Crippen LogP contribution in [0.4, 0.5) is 0 Å². The average molecular weight is 247 g/mol. The van der Waals surface area contributed by atoms with Crippen LogP contribution in [-0.2, 0) is 5.41 Å². The summed E-state index contributed by atoms with van der Waals surface area (Å²) in [4.78, 5) is 12.2. The lowest BCUT2D eigenvalue weighted by Crippen LogP contribution is -2.40. The van der Waals surface area contributed by atoms with E-state index in [1.165, 1.54) is 5.56 Å². The molecule has 18 heavy (non-hydrogen) atoms. The fraction of sp³-hybridized carbons (Fsp3) is 0.562. The first-order valence-electron chi connectivity index (χ1n) is 6.44. The van der Waals surface area contributed by atoms with Crippen molar-refractivity contribution in [1.29, 1.82) is 0 Å². The molecule has 2 heteroatoms. The first-order chi connectivity index (χ1) is 7.99. The van der Waals surface area contributed by atoms with Crippen molar-refractivity contribution >= 4 is 5.91 Å². The lowest BCUT2D eigenvalue weighted by Gasteiger charge is -2.23. The van der Waals surface area contributed by atoms with E-state index in [1.54, 1.807) is 0 Å². The second kappa shape index (κ2) is 4.75. The summed E-state index contributed by atoms with van der Waals surface area (Å²) in [6.45, 7) is 14.5. The largest absolute Gasteiger partial charge is 0.347 e. The Morgan fingerprint density at radius 2 is 1.56 bits per heavy atom. The molecule has 0 spiro atoms. The summed E-state index contributed by atoms with van der Waals surface area (Å²) in [6.07, 6.45) is 0. The Kier molecular flexibility index (Phi) is 3.89. The molecule has 0 aliphatic heterocycles. The van der Waals surface area contributed by atoms with Crippen LogP contribution in [0.2, 0.25) is 0 Å². The van der Waals surface area contributed by atoms with Gasteiger partial charge in [-0.1, -0.05) is 32.4 Å². The molecular weight excluding hydrogens is 222 g/mol. The quantitative estimate of drug-likeness (QED) is 0.803. The van der Waals surface area contributed by atoms with Gasteiger partial charge in [-0.15, -0.1) is 0 Å². The zero-order chi connectivity index (χ0) is 14.1. The molecule has 0 unspecified atom stereocenters. The van der Waals surface area contributed by atoms with E-state index in [1.807, 2.05) is 39.8 Å². The summed E-state index contributed by atoms with van der Waals surface area (Å²) in [5, 5.41) is 3.00. The third-order valence-electron chi connectivity index (χ3n) is 2.69. The topological polar surface area (TPSA) is 29.1 Å². The van der Waals surface area contributed by atoms with Gasteiger partial charge in [-0.05, 0) is 50.8 Å². The molecule has 1 aromatic carbocycles. The molecule has 100 valence electrons. The van der Waals surface area contributed by atoms with E-state index < -0.39 is 0 Å². The van der Waals surface area contributed by atoms with Gasteiger partial charge in [0.2, 0.25) is 0 Å². The minimum Gasteiger partial charge on any atom is -0.347 e. The molecule has 0 aliphatic rings. The normalized spacial score (nSPS) is 12.4. The molecule has 0 saturated heterocycles. The number of rotatable bonds is 1. The van der Waals surface area contributed by atoms with Gasteiger partial charge in [-0.2, -0.15) is 0 Å². The highest BCUT2D eigenvalue weighted by atomic mass is 16.1. The number of aryl methyl sites for hydroxylation is 1. The van der Waals surface area contributed by atoms with Crippen molar-refractivity contribution in [3.8, 4) is 0 Å². The SMILES string of the molecule is Cc1cc(C(=O)NC(C)(C)C)cc(C(C)(C)C)c1. The monoisotopic (exact) mass is 247 g/mol. The highest BCUT2D eigenvalue weighted by Crippen LogP contribution is 2.24. The van der Waals surface area contributed by atoms with Crippen LogP contribution in [0.3, 0.4) is 0 Å². The van der Waals surface area contributed by atoms with Gasteiger partial charge in [0.1, 0.15) is 0 Å². The number of nitrogens with one attached hydrogen (secondary N) is 1. The number of amides is 1. The molecule has 0 aliphatic carbocycles. The van der Waals surface area contributed by atoms with Crippen molar-refractivity contribution in [2.75, 3.05) is 0 Å². The van der Waals surface area contributed by atoms with Gasteiger partial charge in [0.25, 0.3) is 5.91 Å². The molecule has 1 N–H and O–H groups in total. The fourth-order valence-electron chi connectivity index (χ4n) is 1.76. The van der Waals surface area contributed by atoms with Gasteiger partial charge in [0.15, 0.2) is 0 Å². The van der Waals surface area contributed by atoms with Gasteiger partial charge in [0, 0.05) is 11.1 Å². The maximum atomic E-state index is 12.2. The summed E-state index contributed by atoms with van der Waals surface area (Å²) in [5.41, 5.74) is 2.92. The zero-order valence-corrected chi connectivity index (χ0v) is 12.6. The van der Waals surface area contributed by atoms with Gasteiger partial charge in [-0.25, -0.2) is 0 Å². The average Bonchev–Trinajstić information content (AvgIpc) is 2.12. The molecule has 0 bridgehead atoms. The van der Waals surface area contributed by atoms with Crippen LogP contribution in [0.15, 0.2) is 18.2 Å². The minimum atomic E-state index is -0.206. The van der Waals surface area contributed by atoms with Gasteiger partial charge in [0.05, 0.1) is 0 Å². The minimum absolute atomic E-state index is 0.00306.